The molecule has 0 saturated carbocycles. The number of aromatic nitrogens is 2. The van der Waals surface area contributed by atoms with E-state index < -0.39 is 0 Å². The first kappa shape index (κ1) is 13.6. The lowest BCUT2D eigenvalue weighted by Gasteiger charge is -2.04. The Morgan fingerprint density at radius 1 is 1.58 bits per heavy atom. The summed E-state index contributed by atoms with van der Waals surface area (Å²) in [6, 6.07) is 3.79. The molecule has 102 valence electrons. The van der Waals surface area contributed by atoms with Crippen LogP contribution in [0.15, 0.2) is 18.3 Å². The summed E-state index contributed by atoms with van der Waals surface area (Å²) < 4.78 is 7.05. The van der Waals surface area contributed by atoms with Gasteiger partial charge in [0.05, 0.1) is 5.69 Å². The number of hydrogen-bond donors (Lipinski definition) is 1. The maximum absolute atomic E-state index is 11.8. The van der Waals surface area contributed by atoms with Crippen molar-refractivity contribution < 1.29 is 9.53 Å². The molecule has 2 heterocycles. The van der Waals surface area contributed by atoms with E-state index >= 15 is 0 Å². The number of anilines is 1. The molecule has 2 aromatic heterocycles. The van der Waals surface area contributed by atoms with Crippen molar-refractivity contribution >= 4 is 23.0 Å². The lowest BCUT2D eigenvalue weighted by atomic mass is 10.4. The molecule has 0 unspecified atom stereocenters. The highest BCUT2D eigenvalue weighted by molar-refractivity contribution is 7.14. The number of nitrogens with two attached hydrogens (primary N) is 1. The van der Waals surface area contributed by atoms with Crippen molar-refractivity contribution in [1.82, 2.24) is 9.78 Å². The van der Waals surface area contributed by atoms with Crippen LogP contribution in [-0.2, 0) is 11.3 Å². The van der Waals surface area contributed by atoms with Crippen molar-refractivity contribution in [1.29, 1.82) is 0 Å². The molecule has 2 N–H and O–H groups in total. The molecule has 0 atom stereocenters. The third-order valence-corrected chi connectivity index (χ3v) is 3.75. The molecule has 2 aromatic rings. The normalized spacial score (nSPS) is 10.9. The number of ether oxygens (including phenoxy) is 1. The summed E-state index contributed by atoms with van der Waals surface area (Å²) in [6.45, 7) is 6.14. The largest absolute Gasteiger partial charge is 0.455 e. The Balaban J connectivity index is 1.96. The van der Waals surface area contributed by atoms with Gasteiger partial charge >= 0.3 is 5.97 Å². The molecular formula is C13H17N3O2S. The average molecular weight is 279 g/mol. The molecule has 5 nitrogen and oxygen atoms in total. The van der Waals surface area contributed by atoms with Crippen LogP contribution in [0.25, 0.3) is 0 Å². The zero-order valence-corrected chi connectivity index (χ0v) is 12.0. The monoisotopic (exact) mass is 279 g/mol. The molecule has 0 aliphatic carbocycles. The van der Waals surface area contributed by atoms with Gasteiger partial charge < -0.3 is 10.5 Å². The van der Waals surface area contributed by atoms with Crippen LogP contribution in [0.4, 0.5) is 5.69 Å². The number of esters is 1. The fourth-order valence-corrected chi connectivity index (χ4v) is 2.38. The topological polar surface area (TPSA) is 70.1 Å². The SMILES string of the molecule is Cc1sc(C(=O)OCc2ccn(C(C)C)n2)cc1N. The number of carbonyl (C=O) groups is 1. The first-order valence-corrected chi connectivity index (χ1v) is 6.86. The number of carbonyl (C=O) groups excluding carboxylic acids is 1. The van der Waals surface area contributed by atoms with Crippen LogP contribution < -0.4 is 5.73 Å². The van der Waals surface area contributed by atoms with Crippen LogP contribution >= 0.6 is 11.3 Å². The Labute approximate surface area is 116 Å². The lowest BCUT2D eigenvalue weighted by molar-refractivity contribution is 0.0472. The number of nitrogen functional groups attached to an aromatic ring is 1. The smallest absolute Gasteiger partial charge is 0.348 e. The minimum atomic E-state index is -0.358. The number of thiophene rings is 1. The molecule has 2 rings (SSSR count). The molecule has 0 aromatic carbocycles. The second-order valence-electron chi connectivity index (χ2n) is 4.58. The van der Waals surface area contributed by atoms with E-state index in [1.165, 1.54) is 11.3 Å². The molecule has 0 amide bonds. The fraction of sp³-hybridized carbons (Fsp3) is 0.385. The molecule has 0 saturated heterocycles. The van der Waals surface area contributed by atoms with Gasteiger partial charge in [0.2, 0.25) is 0 Å². The molecule has 19 heavy (non-hydrogen) atoms. The number of rotatable bonds is 4. The first-order valence-electron chi connectivity index (χ1n) is 6.04. The van der Waals surface area contributed by atoms with Crippen LogP contribution in [-0.4, -0.2) is 15.7 Å². The summed E-state index contributed by atoms with van der Waals surface area (Å²) in [5.74, 6) is -0.358. The van der Waals surface area contributed by atoms with E-state index in [1.54, 1.807) is 6.07 Å². The Morgan fingerprint density at radius 2 is 2.32 bits per heavy atom. The van der Waals surface area contributed by atoms with Gasteiger partial charge in [-0.25, -0.2) is 4.79 Å². The molecule has 0 bridgehead atoms. The molecular weight excluding hydrogens is 262 g/mol. The van der Waals surface area contributed by atoms with Gasteiger partial charge in [-0.3, -0.25) is 4.68 Å². The third-order valence-electron chi connectivity index (χ3n) is 2.70. The van der Waals surface area contributed by atoms with E-state index in [4.69, 9.17) is 10.5 Å². The van der Waals surface area contributed by atoms with Gasteiger partial charge in [0, 0.05) is 22.8 Å². The van der Waals surface area contributed by atoms with Crippen LogP contribution in [0.5, 0.6) is 0 Å². The van der Waals surface area contributed by atoms with Crippen molar-refractivity contribution in [3.63, 3.8) is 0 Å². The van der Waals surface area contributed by atoms with Crippen molar-refractivity contribution in [3.05, 3.63) is 33.8 Å². The van der Waals surface area contributed by atoms with Gasteiger partial charge in [0.1, 0.15) is 11.5 Å². The zero-order valence-electron chi connectivity index (χ0n) is 11.2. The second-order valence-corrected chi connectivity index (χ2v) is 5.84. The van der Waals surface area contributed by atoms with E-state index in [9.17, 15) is 4.79 Å². The Kier molecular flexibility index (Phi) is 3.90. The van der Waals surface area contributed by atoms with Gasteiger partial charge in [-0.2, -0.15) is 5.10 Å². The second kappa shape index (κ2) is 5.44. The first-order chi connectivity index (χ1) is 8.97. The Hall–Kier alpha value is -1.82. The van der Waals surface area contributed by atoms with E-state index in [0.29, 0.717) is 16.6 Å². The summed E-state index contributed by atoms with van der Waals surface area (Å²) in [5, 5.41) is 4.32. The van der Waals surface area contributed by atoms with E-state index in [1.807, 2.05) is 37.7 Å². The quantitative estimate of drug-likeness (QED) is 0.874. The van der Waals surface area contributed by atoms with Crippen LogP contribution in [0.3, 0.4) is 0 Å². The van der Waals surface area contributed by atoms with E-state index in [2.05, 4.69) is 5.10 Å². The van der Waals surface area contributed by atoms with Crippen molar-refractivity contribution in [3.8, 4) is 0 Å². The highest BCUT2D eigenvalue weighted by Gasteiger charge is 2.13. The number of aryl methyl sites for hydroxylation is 1. The number of hydrogen-bond acceptors (Lipinski definition) is 5. The summed E-state index contributed by atoms with van der Waals surface area (Å²) in [7, 11) is 0. The van der Waals surface area contributed by atoms with Crippen LogP contribution in [0.2, 0.25) is 0 Å². The van der Waals surface area contributed by atoms with Gasteiger partial charge in [-0.15, -0.1) is 11.3 Å². The predicted octanol–water partition coefficient (Wildman–Crippen LogP) is 2.77. The Bertz CT molecular complexity index is 567. The van der Waals surface area contributed by atoms with Crippen molar-refractivity contribution in [2.45, 2.75) is 33.4 Å². The molecule has 6 heteroatoms. The maximum atomic E-state index is 11.8. The summed E-state index contributed by atoms with van der Waals surface area (Å²) >= 11 is 1.34. The number of nitrogens with zero attached hydrogens (tertiary/aromatic N) is 2. The summed E-state index contributed by atoms with van der Waals surface area (Å²) in [5.41, 5.74) is 7.07. The van der Waals surface area contributed by atoms with E-state index in [0.717, 1.165) is 10.6 Å². The lowest BCUT2D eigenvalue weighted by Crippen LogP contribution is -2.05. The van der Waals surface area contributed by atoms with E-state index in [-0.39, 0.29) is 12.6 Å². The highest BCUT2D eigenvalue weighted by atomic mass is 32.1. The highest BCUT2D eigenvalue weighted by Crippen LogP contribution is 2.24. The predicted molar refractivity (Wildman–Crippen MR) is 75.2 cm³/mol. The molecule has 0 spiro atoms. The van der Waals surface area contributed by atoms with Gasteiger partial charge in [-0.05, 0) is 32.9 Å². The Morgan fingerprint density at radius 3 is 2.84 bits per heavy atom. The molecule has 0 radical (unpaired) electrons. The van der Waals surface area contributed by atoms with Crippen molar-refractivity contribution in [2.75, 3.05) is 5.73 Å². The van der Waals surface area contributed by atoms with Crippen molar-refractivity contribution in [2.24, 2.45) is 0 Å². The maximum Gasteiger partial charge on any atom is 0.348 e. The zero-order chi connectivity index (χ0) is 14.0. The molecule has 0 fully saturated rings. The fourth-order valence-electron chi connectivity index (χ4n) is 1.55. The van der Waals surface area contributed by atoms with Crippen LogP contribution in [0, 0.1) is 6.92 Å². The minimum Gasteiger partial charge on any atom is -0.455 e. The molecule has 0 aliphatic rings. The average Bonchev–Trinajstić information content (AvgIpc) is 2.94. The third kappa shape index (κ3) is 3.14. The minimum absolute atomic E-state index is 0.176. The van der Waals surface area contributed by atoms with Crippen LogP contribution in [0.1, 0.15) is 40.1 Å². The van der Waals surface area contributed by atoms with Gasteiger partial charge in [0.15, 0.2) is 0 Å². The molecule has 0 aliphatic heterocycles. The summed E-state index contributed by atoms with van der Waals surface area (Å²) in [4.78, 5) is 13.3. The van der Waals surface area contributed by atoms with Gasteiger partial charge in [0.25, 0.3) is 0 Å². The van der Waals surface area contributed by atoms with Gasteiger partial charge in [-0.1, -0.05) is 0 Å². The standard InChI is InChI=1S/C13H17N3O2S/c1-8(2)16-5-4-10(15-16)7-18-13(17)12-6-11(14)9(3)19-12/h4-6,8H,7,14H2,1-3H3. The summed E-state index contributed by atoms with van der Waals surface area (Å²) in [6.07, 6.45) is 1.88.